The first-order chi connectivity index (χ1) is 9.11. The Labute approximate surface area is 114 Å². The van der Waals surface area contributed by atoms with Crippen LogP contribution < -0.4 is 4.90 Å². The van der Waals surface area contributed by atoms with Crippen molar-refractivity contribution >= 4 is 5.69 Å². The van der Waals surface area contributed by atoms with Crippen molar-refractivity contribution in [3.8, 4) is 0 Å². The average Bonchev–Trinajstić information content (AvgIpc) is 2.83. The number of anilines is 1. The lowest BCUT2D eigenvalue weighted by Gasteiger charge is -2.23. The maximum absolute atomic E-state index is 10.1. The summed E-state index contributed by atoms with van der Waals surface area (Å²) in [6, 6.07) is 11.9. The van der Waals surface area contributed by atoms with Crippen LogP contribution in [-0.4, -0.2) is 12.2 Å². The van der Waals surface area contributed by atoms with Crippen LogP contribution in [0, 0.1) is 6.92 Å². The topological polar surface area (TPSA) is 36.6 Å². The van der Waals surface area contributed by atoms with Gasteiger partial charge in [-0.2, -0.15) is 0 Å². The summed E-state index contributed by atoms with van der Waals surface area (Å²) in [6.07, 6.45) is 0.294. The average molecular weight is 259 g/mol. The fourth-order valence-corrected chi connectivity index (χ4v) is 2.23. The maximum Gasteiger partial charge on any atom is 0.123 e. The highest BCUT2D eigenvalue weighted by molar-refractivity contribution is 5.54. The molecule has 3 nitrogen and oxygen atoms in total. The number of aliphatic hydroxyl groups is 1. The molecule has 2 rings (SSSR count). The van der Waals surface area contributed by atoms with Crippen LogP contribution in [0.4, 0.5) is 5.69 Å². The van der Waals surface area contributed by atoms with Crippen LogP contribution in [0.2, 0.25) is 0 Å². The Balaban J connectivity index is 2.21. The van der Waals surface area contributed by atoms with Gasteiger partial charge in [0.25, 0.3) is 0 Å². The minimum Gasteiger partial charge on any atom is -0.464 e. The highest BCUT2D eigenvalue weighted by Crippen LogP contribution is 2.28. The summed E-state index contributed by atoms with van der Waals surface area (Å²) in [5.74, 6) is 1.85. The molecule has 1 aromatic heterocycles. The summed E-state index contributed by atoms with van der Waals surface area (Å²) in [5.41, 5.74) is 2.02. The number of nitrogens with zero attached hydrogens (tertiary/aromatic N) is 1. The molecule has 3 heteroatoms. The summed E-state index contributed by atoms with van der Waals surface area (Å²) in [6.45, 7) is 4.62. The molecule has 1 N–H and O–H groups in total. The zero-order chi connectivity index (χ0) is 13.8. The Morgan fingerprint density at radius 3 is 2.58 bits per heavy atom. The molecule has 1 aromatic carbocycles. The molecule has 0 saturated heterocycles. The molecular weight excluding hydrogens is 238 g/mol. The molecule has 19 heavy (non-hydrogen) atoms. The summed E-state index contributed by atoms with van der Waals surface area (Å²) in [5, 5.41) is 10.1. The summed E-state index contributed by atoms with van der Waals surface area (Å²) in [7, 11) is 2.01. The molecule has 0 bridgehead atoms. The third-order valence-electron chi connectivity index (χ3n) is 3.28. The number of furan rings is 1. The lowest BCUT2D eigenvalue weighted by atomic mass is 10.0. The summed E-state index contributed by atoms with van der Waals surface area (Å²) < 4.78 is 5.60. The van der Waals surface area contributed by atoms with Crippen molar-refractivity contribution in [1.29, 1.82) is 0 Å². The Morgan fingerprint density at radius 2 is 1.95 bits per heavy atom. The van der Waals surface area contributed by atoms with E-state index in [1.54, 1.807) is 0 Å². The van der Waals surface area contributed by atoms with Gasteiger partial charge in [0.1, 0.15) is 11.5 Å². The van der Waals surface area contributed by atoms with Gasteiger partial charge in [-0.05, 0) is 31.5 Å². The zero-order valence-electron chi connectivity index (χ0n) is 11.8. The van der Waals surface area contributed by atoms with Gasteiger partial charge in [0.2, 0.25) is 0 Å². The molecule has 0 fully saturated rings. The number of para-hydroxylation sites is 1. The Bertz CT molecular complexity index is 533. The van der Waals surface area contributed by atoms with E-state index in [-0.39, 0.29) is 0 Å². The summed E-state index contributed by atoms with van der Waals surface area (Å²) in [4.78, 5) is 2.10. The molecule has 2 aromatic rings. The van der Waals surface area contributed by atoms with Crippen LogP contribution in [0.3, 0.4) is 0 Å². The third kappa shape index (κ3) is 3.18. The highest BCUT2D eigenvalue weighted by Gasteiger charge is 2.14. The molecule has 0 amide bonds. The van der Waals surface area contributed by atoms with Crippen LogP contribution in [0.5, 0.6) is 0 Å². The van der Waals surface area contributed by atoms with Crippen LogP contribution in [-0.2, 0) is 6.54 Å². The van der Waals surface area contributed by atoms with E-state index in [1.165, 1.54) is 0 Å². The van der Waals surface area contributed by atoms with Crippen molar-refractivity contribution in [3.05, 3.63) is 53.5 Å². The predicted molar refractivity (Wildman–Crippen MR) is 77.2 cm³/mol. The van der Waals surface area contributed by atoms with Crippen LogP contribution >= 0.6 is 0 Å². The van der Waals surface area contributed by atoms with Crippen LogP contribution in [0.25, 0.3) is 0 Å². The van der Waals surface area contributed by atoms with Gasteiger partial charge in [-0.3, -0.25) is 0 Å². The third-order valence-corrected chi connectivity index (χ3v) is 3.28. The number of aliphatic hydroxyl groups excluding tert-OH is 1. The van der Waals surface area contributed by atoms with Gasteiger partial charge in [-0.25, -0.2) is 0 Å². The quantitative estimate of drug-likeness (QED) is 0.890. The van der Waals surface area contributed by atoms with Gasteiger partial charge < -0.3 is 14.4 Å². The monoisotopic (exact) mass is 259 g/mol. The molecule has 0 unspecified atom stereocenters. The molecular formula is C16H21NO2. The Morgan fingerprint density at radius 1 is 1.21 bits per heavy atom. The van der Waals surface area contributed by atoms with Gasteiger partial charge >= 0.3 is 0 Å². The lowest BCUT2D eigenvalue weighted by molar-refractivity contribution is 0.174. The molecule has 102 valence electrons. The van der Waals surface area contributed by atoms with E-state index in [9.17, 15) is 5.11 Å². The van der Waals surface area contributed by atoms with Crippen molar-refractivity contribution in [3.63, 3.8) is 0 Å². The van der Waals surface area contributed by atoms with Gasteiger partial charge in [0.15, 0.2) is 0 Å². The Hall–Kier alpha value is -1.74. The van der Waals surface area contributed by atoms with E-state index < -0.39 is 6.10 Å². The minimum absolute atomic E-state index is 0.419. The van der Waals surface area contributed by atoms with E-state index in [1.807, 2.05) is 57.3 Å². The predicted octanol–water partition coefficient (Wildman–Crippen LogP) is 3.67. The van der Waals surface area contributed by atoms with Crippen LogP contribution in [0.1, 0.15) is 36.5 Å². The van der Waals surface area contributed by atoms with Crippen molar-refractivity contribution in [2.45, 2.75) is 32.9 Å². The van der Waals surface area contributed by atoms with E-state index in [0.717, 1.165) is 22.8 Å². The lowest BCUT2D eigenvalue weighted by Crippen LogP contribution is -2.18. The van der Waals surface area contributed by atoms with Crippen molar-refractivity contribution in [2.75, 3.05) is 11.9 Å². The van der Waals surface area contributed by atoms with E-state index in [4.69, 9.17) is 4.42 Å². The molecule has 1 atom stereocenters. The largest absolute Gasteiger partial charge is 0.464 e. The minimum atomic E-state index is -0.419. The number of hydrogen-bond acceptors (Lipinski definition) is 3. The SMILES string of the molecule is CC[C@H](O)c1ccccc1N(C)Cc1ccc(C)o1. The van der Waals surface area contributed by atoms with Gasteiger partial charge in [0.05, 0.1) is 12.6 Å². The van der Waals surface area contributed by atoms with Crippen molar-refractivity contribution in [2.24, 2.45) is 0 Å². The number of aryl methyl sites for hydroxylation is 1. The number of benzene rings is 1. The van der Waals surface area contributed by atoms with E-state index in [0.29, 0.717) is 13.0 Å². The molecule has 0 radical (unpaired) electrons. The second kappa shape index (κ2) is 5.93. The first-order valence-corrected chi connectivity index (χ1v) is 6.65. The molecule has 0 aliphatic rings. The second-order valence-corrected chi connectivity index (χ2v) is 4.85. The highest BCUT2D eigenvalue weighted by atomic mass is 16.3. The molecule has 0 aliphatic heterocycles. The normalized spacial score (nSPS) is 12.4. The van der Waals surface area contributed by atoms with Crippen LogP contribution in [0.15, 0.2) is 40.8 Å². The number of hydrogen-bond donors (Lipinski definition) is 1. The number of rotatable bonds is 5. The molecule has 1 heterocycles. The first-order valence-electron chi connectivity index (χ1n) is 6.65. The zero-order valence-corrected chi connectivity index (χ0v) is 11.8. The Kier molecular flexibility index (Phi) is 4.27. The van der Waals surface area contributed by atoms with E-state index in [2.05, 4.69) is 4.90 Å². The smallest absolute Gasteiger partial charge is 0.123 e. The van der Waals surface area contributed by atoms with Gasteiger partial charge in [-0.15, -0.1) is 0 Å². The standard InChI is InChI=1S/C16H21NO2/c1-4-16(18)14-7-5-6-8-15(14)17(3)11-13-10-9-12(2)19-13/h5-10,16,18H,4,11H2,1-3H3/t16-/m0/s1. The van der Waals surface area contributed by atoms with Gasteiger partial charge in [0, 0.05) is 18.3 Å². The maximum atomic E-state index is 10.1. The molecule has 0 aliphatic carbocycles. The fraction of sp³-hybridized carbons (Fsp3) is 0.375. The van der Waals surface area contributed by atoms with Gasteiger partial charge in [-0.1, -0.05) is 25.1 Å². The molecule has 0 saturated carbocycles. The summed E-state index contributed by atoms with van der Waals surface area (Å²) >= 11 is 0. The van der Waals surface area contributed by atoms with Crippen molar-refractivity contribution in [1.82, 2.24) is 0 Å². The fourth-order valence-electron chi connectivity index (χ4n) is 2.23. The van der Waals surface area contributed by atoms with Crippen molar-refractivity contribution < 1.29 is 9.52 Å². The van der Waals surface area contributed by atoms with E-state index >= 15 is 0 Å². The second-order valence-electron chi connectivity index (χ2n) is 4.85. The molecule has 0 spiro atoms. The first kappa shape index (κ1) is 13.7.